The summed E-state index contributed by atoms with van der Waals surface area (Å²) in [7, 11) is 0. The molecule has 9 N–H and O–H groups in total. The number of aliphatic hydroxyl groups excluding tert-OH is 3. The van der Waals surface area contributed by atoms with E-state index in [9.17, 15) is 0 Å². The maximum atomic E-state index is 8.16. The second-order valence-electron chi connectivity index (χ2n) is 3.55. The van der Waals surface area contributed by atoms with Crippen molar-refractivity contribution in [3.05, 3.63) is 16.0 Å². The summed E-state index contributed by atoms with van der Waals surface area (Å²) in [6.45, 7) is 5.74. The van der Waals surface area contributed by atoms with Crippen LogP contribution in [0, 0.1) is 0 Å². The van der Waals surface area contributed by atoms with Crippen molar-refractivity contribution in [2.24, 2.45) is 17.2 Å². The van der Waals surface area contributed by atoms with Crippen LogP contribution in [-0.2, 0) is 16.5 Å². The van der Waals surface area contributed by atoms with Crippen LogP contribution in [0.15, 0.2) is 0 Å². The Bertz CT molecular complexity index is 116. The van der Waals surface area contributed by atoms with Gasteiger partial charge in [0, 0.05) is 19.8 Å². The van der Waals surface area contributed by atoms with Gasteiger partial charge in [0.15, 0.2) is 0 Å². The zero-order valence-corrected chi connectivity index (χ0v) is 14.2. The Morgan fingerprint density at radius 2 is 0.727 bits per heavy atom. The normalized spacial score (nSPS) is 9.00. The van der Waals surface area contributed by atoms with Gasteiger partial charge in [-0.15, -0.1) is 39.3 Å². The smallest absolute Gasteiger partial charge is 0.659 e. The molecule has 0 aliphatic heterocycles. The number of nitrogens with two attached hydrogens (primary N) is 3. The van der Waals surface area contributed by atoms with E-state index in [1.807, 2.05) is 0 Å². The van der Waals surface area contributed by atoms with Crippen molar-refractivity contribution >= 4 is 0 Å². The van der Waals surface area contributed by atoms with Gasteiger partial charge in [0.05, 0.1) is 0 Å². The number of rotatable bonds is 12. The van der Waals surface area contributed by atoms with Crippen molar-refractivity contribution < 1.29 is 31.8 Å². The topological polar surface area (TPSA) is 181 Å². The third-order valence-corrected chi connectivity index (χ3v) is 1.64. The van der Waals surface area contributed by atoms with Crippen molar-refractivity contribution in [3.63, 3.8) is 0 Å². The van der Waals surface area contributed by atoms with Gasteiger partial charge in [-0.1, -0.05) is 0 Å². The van der Waals surface area contributed by atoms with Crippen molar-refractivity contribution in [3.8, 4) is 0 Å². The van der Waals surface area contributed by atoms with Crippen LogP contribution in [0.3, 0.4) is 0 Å². The van der Waals surface area contributed by atoms with Crippen molar-refractivity contribution in [2.75, 3.05) is 78.7 Å². The fourth-order valence-electron chi connectivity index (χ4n) is 0.821. The van der Waals surface area contributed by atoms with Crippen molar-refractivity contribution in [2.45, 2.75) is 0 Å². The van der Waals surface area contributed by atoms with Gasteiger partial charge < -0.3 is 48.5 Å². The molecule has 0 aliphatic carbocycles. The summed E-state index contributed by atoms with van der Waals surface area (Å²) in [4.78, 5) is 0. The number of nitrogens with zero attached hydrogens (tertiary/aromatic N) is 3. The van der Waals surface area contributed by atoms with Crippen LogP contribution in [0.25, 0.3) is 16.0 Å². The summed E-state index contributed by atoms with van der Waals surface area (Å²) < 4.78 is 0. The van der Waals surface area contributed by atoms with E-state index in [-0.39, 0.29) is 36.3 Å². The molecule has 0 saturated carbocycles. The van der Waals surface area contributed by atoms with Crippen LogP contribution >= 0.6 is 0 Å². The van der Waals surface area contributed by atoms with E-state index in [2.05, 4.69) is 16.0 Å². The van der Waals surface area contributed by atoms with E-state index in [0.717, 1.165) is 0 Å². The van der Waals surface area contributed by atoms with Crippen LogP contribution in [0.4, 0.5) is 0 Å². The fourth-order valence-corrected chi connectivity index (χ4v) is 0.821. The molecule has 9 nitrogen and oxygen atoms in total. The molecule has 0 fully saturated rings. The first-order valence-electron chi connectivity index (χ1n) is 7.07. The van der Waals surface area contributed by atoms with Gasteiger partial charge in [0.2, 0.25) is 0 Å². The third kappa shape index (κ3) is 50.1. The SMILES string of the molecule is NCC[N-]CCO.NCC[N-]CCO.NCC[N-]CCO.[Ni+3]. The summed E-state index contributed by atoms with van der Waals surface area (Å²) in [6, 6.07) is 0. The zero-order valence-electron chi connectivity index (χ0n) is 13.2. The van der Waals surface area contributed by atoms with Crippen LogP contribution in [0.1, 0.15) is 0 Å². The predicted molar refractivity (Wildman–Crippen MR) is 87.7 cm³/mol. The summed E-state index contributed by atoms with van der Waals surface area (Å²) >= 11 is 0. The van der Waals surface area contributed by atoms with Crippen LogP contribution < -0.4 is 17.2 Å². The Kier molecular flexibility index (Phi) is 51.1. The van der Waals surface area contributed by atoms with E-state index < -0.39 is 0 Å². The largest absolute Gasteiger partial charge is 3.00 e. The predicted octanol–water partition coefficient (Wildman–Crippen LogP) is -2.07. The summed E-state index contributed by atoms with van der Waals surface area (Å²) in [6.07, 6.45) is 0. The molecule has 0 aromatic rings. The minimum absolute atomic E-state index is 0. The molecule has 0 bridgehead atoms. The first-order valence-corrected chi connectivity index (χ1v) is 7.07. The monoisotopic (exact) mass is 367 g/mol. The first-order chi connectivity index (χ1) is 10.2. The second-order valence-corrected chi connectivity index (χ2v) is 3.55. The van der Waals surface area contributed by atoms with Crippen molar-refractivity contribution in [1.82, 2.24) is 0 Å². The molecular formula is C12H33N6NiO3. The Hall–Kier alpha value is 0.134. The van der Waals surface area contributed by atoms with Gasteiger partial charge in [-0.3, -0.25) is 0 Å². The Morgan fingerprint density at radius 3 is 0.864 bits per heavy atom. The molecule has 0 aromatic heterocycles. The molecule has 1 radical (unpaired) electrons. The average Bonchev–Trinajstić information content (AvgIpc) is 2.50. The molecule has 0 saturated heterocycles. The minimum Gasteiger partial charge on any atom is -0.659 e. The molecule has 0 amide bonds. The summed E-state index contributed by atoms with van der Waals surface area (Å²) in [5, 5.41) is 36.0. The van der Waals surface area contributed by atoms with Gasteiger partial charge in [-0.2, -0.15) is 0 Å². The van der Waals surface area contributed by atoms with Crippen LogP contribution in [0.2, 0.25) is 0 Å². The van der Waals surface area contributed by atoms with E-state index in [1.54, 1.807) is 0 Å². The van der Waals surface area contributed by atoms with E-state index in [0.29, 0.717) is 58.9 Å². The molecular weight excluding hydrogens is 335 g/mol. The summed E-state index contributed by atoms with van der Waals surface area (Å²) in [5.41, 5.74) is 15.3. The van der Waals surface area contributed by atoms with Gasteiger partial charge >= 0.3 is 16.5 Å². The maximum absolute atomic E-state index is 8.16. The van der Waals surface area contributed by atoms with Crippen LogP contribution in [0.5, 0.6) is 0 Å². The van der Waals surface area contributed by atoms with E-state index in [4.69, 9.17) is 32.5 Å². The summed E-state index contributed by atoms with van der Waals surface area (Å²) in [5.74, 6) is 0. The Balaban J connectivity index is -0.000000108. The first kappa shape index (κ1) is 30.1. The number of hydrogen-bond donors (Lipinski definition) is 6. The van der Waals surface area contributed by atoms with Gasteiger partial charge in [-0.05, 0) is 19.6 Å². The van der Waals surface area contributed by atoms with Gasteiger partial charge in [-0.25, -0.2) is 0 Å². The molecule has 0 unspecified atom stereocenters. The Morgan fingerprint density at radius 1 is 0.500 bits per heavy atom. The van der Waals surface area contributed by atoms with Crippen LogP contribution in [-0.4, -0.2) is 94.0 Å². The maximum Gasteiger partial charge on any atom is 3.00 e. The molecule has 0 heterocycles. The number of hydrogen-bond acceptors (Lipinski definition) is 6. The standard InChI is InChI=1S/3C4H11N2O.Ni/c3*5-1-2-6-3-4-7;/h3*7H,1-5H2;/q3*-1;+3. The quantitative estimate of drug-likeness (QED) is 0.170. The molecule has 0 aromatic carbocycles. The average molecular weight is 368 g/mol. The van der Waals surface area contributed by atoms with E-state index in [1.165, 1.54) is 0 Å². The van der Waals surface area contributed by atoms with Gasteiger partial charge in [0.1, 0.15) is 0 Å². The zero-order chi connectivity index (χ0) is 16.6. The van der Waals surface area contributed by atoms with Crippen molar-refractivity contribution in [1.29, 1.82) is 0 Å². The molecule has 139 valence electrons. The molecule has 0 rings (SSSR count). The molecule has 0 atom stereocenters. The minimum atomic E-state index is 0. The fraction of sp³-hybridized carbons (Fsp3) is 1.00. The Labute approximate surface area is 144 Å². The number of aliphatic hydroxyl groups is 3. The van der Waals surface area contributed by atoms with E-state index >= 15 is 0 Å². The third-order valence-electron chi connectivity index (χ3n) is 1.64. The molecule has 22 heavy (non-hydrogen) atoms. The van der Waals surface area contributed by atoms with Gasteiger partial charge in [0.25, 0.3) is 0 Å². The second kappa shape index (κ2) is 37.4. The molecule has 10 heteroatoms. The molecule has 0 spiro atoms. The molecule has 0 aliphatic rings.